The molecule has 0 N–H and O–H groups in total. The highest BCUT2D eigenvalue weighted by Gasteiger charge is 2.23. The maximum Gasteiger partial charge on any atom is 0.174 e. The zero-order valence-corrected chi connectivity index (χ0v) is 20.5. The van der Waals surface area contributed by atoms with Crippen molar-refractivity contribution >= 4 is 47.5 Å². The van der Waals surface area contributed by atoms with Crippen molar-refractivity contribution in [2.24, 2.45) is 17.0 Å². The van der Waals surface area contributed by atoms with Crippen LogP contribution in [0.25, 0.3) is 21.9 Å². The number of hydrogen-bond donors (Lipinski definition) is 0. The lowest BCUT2D eigenvalue weighted by Crippen LogP contribution is -2.37. The van der Waals surface area contributed by atoms with Gasteiger partial charge in [0.15, 0.2) is 29.1 Å². The van der Waals surface area contributed by atoms with E-state index in [4.69, 9.17) is 19.7 Å². The van der Waals surface area contributed by atoms with Crippen LogP contribution in [-0.4, -0.2) is 83.7 Å². The van der Waals surface area contributed by atoms with Gasteiger partial charge >= 0.3 is 0 Å². The molecule has 3 aromatic rings. The Bertz CT molecular complexity index is 1240. The molecule has 0 atom stereocenters. The Morgan fingerprint density at radius 1 is 1.32 bits per heavy atom. The van der Waals surface area contributed by atoms with Gasteiger partial charge in [0.05, 0.1) is 36.9 Å². The van der Waals surface area contributed by atoms with Crippen LogP contribution >= 0.6 is 11.3 Å². The first-order valence-corrected chi connectivity index (χ1v) is 11.8. The van der Waals surface area contributed by atoms with Gasteiger partial charge in [-0.3, -0.25) is 19.7 Å². The van der Waals surface area contributed by atoms with Crippen LogP contribution in [0.15, 0.2) is 33.2 Å². The van der Waals surface area contributed by atoms with Crippen molar-refractivity contribution in [1.82, 2.24) is 24.4 Å². The van der Waals surface area contributed by atoms with Gasteiger partial charge in [0, 0.05) is 32.6 Å². The number of morpholine rings is 1. The van der Waals surface area contributed by atoms with Gasteiger partial charge in [0.25, 0.3) is 0 Å². The zero-order valence-electron chi connectivity index (χ0n) is 19.6. The topological polar surface area (TPSA) is 101 Å². The number of aliphatic imine (C=N–C) groups is 2. The van der Waals surface area contributed by atoms with E-state index >= 15 is 0 Å². The molecule has 1 fully saturated rings. The smallest absolute Gasteiger partial charge is 0.174 e. The fourth-order valence-corrected chi connectivity index (χ4v) is 4.57. The monoisotopic (exact) mass is 480 g/mol. The maximum atomic E-state index is 11.0. The summed E-state index contributed by atoms with van der Waals surface area (Å²) in [6, 6.07) is 2.09. The standard InChI is InChI=1S/C23H28N8O2S/c1-16-5-10-34-20(16)21-27-22-19(23(28-21)31-6-8-33-9-7-31)26-18(30(22)4)13-29(3)15-25-12-17(14-32)11-24-2/h5,10-12,14H,2,6-9,13,15H2,1,3-4H3/b17-11+,25-12-. The van der Waals surface area contributed by atoms with Gasteiger partial charge in [-0.2, -0.15) is 0 Å². The van der Waals surface area contributed by atoms with Crippen molar-refractivity contribution in [3.63, 3.8) is 0 Å². The van der Waals surface area contributed by atoms with Crippen molar-refractivity contribution in [1.29, 1.82) is 0 Å². The number of aryl methyl sites for hydroxylation is 2. The number of imidazole rings is 1. The van der Waals surface area contributed by atoms with Crippen molar-refractivity contribution < 1.29 is 9.53 Å². The predicted molar refractivity (Wildman–Crippen MR) is 136 cm³/mol. The molecule has 4 heterocycles. The van der Waals surface area contributed by atoms with E-state index < -0.39 is 0 Å². The van der Waals surface area contributed by atoms with E-state index in [1.54, 1.807) is 11.3 Å². The van der Waals surface area contributed by atoms with Gasteiger partial charge in [-0.25, -0.2) is 15.0 Å². The molecule has 0 aliphatic carbocycles. The molecule has 1 aliphatic heterocycles. The quantitative estimate of drug-likeness (QED) is 0.263. The average molecular weight is 481 g/mol. The van der Waals surface area contributed by atoms with E-state index in [-0.39, 0.29) is 0 Å². The minimum absolute atomic E-state index is 0.368. The molecular weight excluding hydrogens is 452 g/mol. The third-order valence-corrected chi connectivity index (χ3v) is 6.53. The Hall–Kier alpha value is -3.28. The number of nitrogens with zero attached hydrogens (tertiary/aromatic N) is 8. The van der Waals surface area contributed by atoms with E-state index in [0.717, 1.165) is 52.2 Å². The molecule has 0 aromatic carbocycles. The van der Waals surface area contributed by atoms with Gasteiger partial charge in [0.1, 0.15) is 5.82 Å². The molecule has 0 spiro atoms. The lowest BCUT2D eigenvalue weighted by Gasteiger charge is -2.28. The summed E-state index contributed by atoms with van der Waals surface area (Å²) in [6.45, 7) is 9.25. The fourth-order valence-electron chi connectivity index (χ4n) is 3.71. The first-order chi connectivity index (χ1) is 16.5. The van der Waals surface area contributed by atoms with Gasteiger partial charge in [-0.05, 0) is 37.7 Å². The van der Waals surface area contributed by atoms with E-state index in [1.165, 1.54) is 12.4 Å². The van der Waals surface area contributed by atoms with E-state index in [9.17, 15) is 4.79 Å². The van der Waals surface area contributed by atoms with E-state index in [1.807, 2.05) is 23.6 Å². The molecule has 0 amide bonds. The summed E-state index contributed by atoms with van der Waals surface area (Å²) in [5.41, 5.74) is 3.12. The highest BCUT2D eigenvalue weighted by molar-refractivity contribution is 7.13. The molecule has 10 nitrogen and oxygen atoms in total. The second-order valence-corrected chi connectivity index (χ2v) is 8.98. The minimum Gasteiger partial charge on any atom is -0.378 e. The molecule has 34 heavy (non-hydrogen) atoms. The van der Waals surface area contributed by atoms with Gasteiger partial charge in [0.2, 0.25) is 0 Å². The summed E-state index contributed by atoms with van der Waals surface area (Å²) in [6.07, 6.45) is 3.56. The van der Waals surface area contributed by atoms with Crippen LogP contribution in [0.1, 0.15) is 11.4 Å². The lowest BCUT2D eigenvalue weighted by atomic mass is 10.2. The Morgan fingerprint density at radius 3 is 2.79 bits per heavy atom. The van der Waals surface area contributed by atoms with E-state index in [0.29, 0.717) is 38.3 Å². The summed E-state index contributed by atoms with van der Waals surface area (Å²) in [4.78, 5) is 39.0. The predicted octanol–water partition coefficient (Wildman–Crippen LogP) is 2.48. The van der Waals surface area contributed by atoms with Crippen molar-refractivity contribution in [3.8, 4) is 10.7 Å². The molecule has 0 saturated carbocycles. The van der Waals surface area contributed by atoms with Crippen LogP contribution in [0, 0.1) is 6.92 Å². The molecule has 178 valence electrons. The maximum absolute atomic E-state index is 11.0. The summed E-state index contributed by atoms with van der Waals surface area (Å²) in [5.74, 6) is 2.42. The van der Waals surface area contributed by atoms with Gasteiger partial charge < -0.3 is 14.2 Å². The van der Waals surface area contributed by atoms with Crippen LogP contribution in [0.5, 0.6) is 0 Å². The van der Waals surface area contributed by atoms with Crippen molar-refractivity contribution in [2.75, 3.05) is 44.9 Å². The second kappa shape index (κ2) is 10.8. The number of aromatic nitrogens is 4. The molecule has 0 radical (unpaired) electrons. The normalized spacial score (nSPS) is 15.1. The number of anilines is 1. The Labute approximate surface area is 202 Å². The zero-order chi connectivity index (χ0) is 24.1. The SMILES string of the molecule is C=N/C=C(C=O)\C=N/CN(C)Cc1nc2c(N3CCOCC3)nc(-c3sccc3C)nc2n1C. The van der Waals surface area contributed by atoms with Gasteiger partial charge in [-0.15, -0.1) is 11.3 Å². The number of thiophene rings is 1. The number of hydrogen-bond acceptors (Lipinski definition) is 10. The largest absolute Gasteiger partial charge is 0.378 e. The fraction of sp³-hybridized carbons (Fsp3) is 0.391. The third kappa shape index (κ3) is 5.11. The first kappa shape index (κ1) is 23.9. The van der Waals surface area contributed by atoms with Crippen LogP contribution < -0.4 is 4.90 Å². The number of carbonyl (C=O) groups is 1. The summed E-state index contributed by atoms with van der Waals surface area (Å²) < 4.78 is 7.57. The van der Waals surface area contributed by atoms with Gasteiger partial charge in [-0.1, -0.05) is 0 Å². The Balaban J connectivity index is 1.66. The molecule has 11 heteroatoms. The molecule has 3 aromatic heterocycles. The van der Waals surface area contributed by atoms with Crippen LogP contribution in [-0.2, 0) is 23.1 Å². The minimum atomic E-state index is 0.368. The molecule has 0 unspecified atom stereocenters. The molecule has 0 bridgehead atoms. The molecule has 4 rings (SSSR count). The molecule has 1 saturated heterocycles. The number of allylic oxidation sites excluding steroid dienone is 1. The Morgan fingerprint density at radius 2 is 2.12 bits per heavy atom. The number of aldehydes is 1. The van der Waals surface area contributed by atoms with Crippen LogP contribution in [0.4, 0.5) is 5.82 Å². The highest BCUT2D eigenvalue weighted by atomic mass is 32.1. The Kier molecular flexibility index (Phi) is 7.56. The molecule has 1 aliphatic rings. The van der Waals surface area contributed by atoms with Crippen LogP contribution in [0.2, 0.25) is 0 Å². The molecular formula is C23H28N8O2S. The summed E-state index contributed by atoms with van der Waals surface area (Å²) in [7, 11) is 3.92. The van der Waals surface area contributed by atoms with Crippen molar-refractivity contribution in [2.45, 2.75) is 13.5 Å². The average Bonchev–Trinajstić information content (AvgIpc) is 3.41. The third-order valence-electron chi connectivity index (χ3n) is 5.52. The van der Waals surface area contributed by atoms with Crippen LogP contribution in [0.3, 0.4) is 0 Å². The number of carbonyl (C=O) groups excluding carboxylic acids is 1. The summed E-state index contributed by atoms with van der Waals surface area (Å²) >= 11 is 1.64. The number of ether oxygens (including phenoxy) is 1. The number of fused-ring (bicyclic) bond motifs is 1. The number of rotatable bonds is 9. The second-order valence-electron chi connectivity index (χ2n) is 8.06. The first-order valence-electron chi connectivity index (χ1n) is 10.9. The summed E-state index contributed by atoms with van der Waals surface area (Å²) in [5, 5.41) is 2.06. The highest BCUT2D eigenvalue weighted by Crippen LogP contribution is 2.32. The van der Waals surface area contributed by atoms with Crippen molar-refractivity contribution in [3.05, 3.63) is 34.6 Å². The lowest BCUT2D eigenvalue weighted by molar-refractivity contribution is -0.104. The van der Waals surface area contributed by atoms with E-state index in [2.05, 4.69) is 40.0 Å².